The topological polar surface area (TPSA) is 106 Å². The molecule has 134 valence electrons. The standard InChI is InChI=1S/C18H23N3O4/c1-3-9-25-15(22)11-19-17(23)14(10-13-7-5-4-6-8-13)21-18(24)16-12(2)20-16/h3-8,12,14,16,20H,1,9-11H2,2H3,(H,19,23)(H,21,24). The lowest BCUT2D eigenvalue weighted by atomic mass is 10.0. The Morgan fingerprint density at radius 3 is 2.60 bits per heavy atom. The van der Waals surface area contributed by atoms with Gasteiger partial charge in [-0.15, -0.1) is 0 Å². The minimum Gasteiger partial charge on any atom is -0.460 e. The van der Waals surface area contributed by atoms with Crippen LogP contribution in [0.3, 0.4) is 0 Å². The van der Waals surface area contributed by atoms with Gasteiger partial charge in [-0.25, -0.2) is 0 Å². The third-order valence-electron chi connectivity index (χ3n) is 3.80. The Balaban J connectivity index is 1.94. The lowest BCUT2D eigenvalue weighted by Crippen LogP contribution is -2.50. The van der Waals surface area contributed by atoms with E-state index in [1.807, 2.05) is 37.3 Å². The average molecular weight is 345 g/mol. The molecule has 0 bridgehead atoms. The summed E-state index contributed by atoms with van der Waals surface area (Å²) in [5, 5.41) is 8.23. The van der Waals surface area contributed by atoms with Crippen molar-refractivity contribution in [1.29, 1.82) is 0 Å². The molecule has 2 rings (SSSR count). The van der Waals surface area contributed by atoms with Gasteiger partial charge in [-0.2, -0.15) is 0 Å². The molecule has 1 fully saturated rings. The maximum Gasteiger partial charge on any atom is 0.325 e. The van der Waals surface area contributed by atoms with Crippen LogP contribution in [0, 0.1) is 0 Å². The Kier molecular flexibility index (Phi) is 6.71. The molecule has 0 aromatic heterocycles. The molecule has 3 atom stereocenters. The van der Waals surface area contributed by atoms with Crippen molar-refractivity contribution in [2.75, 3.05) is 13.2 Å². The minimum absolute atomic E-state index is 0.0874. The molecule has 0 radical (unpaired) electrons. The Hall–Kier alpha value is -2.67. The zero-order valence-electron chi connectivity index (χ0n) is 14.2. The second kappa shape index (κ2) is 8.98. The Morgan fingerprint density at radius 2 is 2.00 bits per heavy atom. The van der Waals surface area contributed by atoms with Crippen LogP contribution >= 0.6 is 0 Å². The van der Waals surface area contributed by atoms with Gasteiger partial charge in [0.15, 0.2) is 0 Å². The molecular formula is C18H23N3O4. The fourth-order valence-corrected chi connectivity index (χ4v) is 2.34. The van der Waals surface area contributed by atoms with E-state index in [1.165, 1.54) is 6.08 Å². The predicted octanol–water partition coefficient (Wildman–Crippen LogP) is -0.0804. The summed E-state index contributed by atoms with van der Waals surface area (Å²) in [5.74, 6) is -1.21. The number of benzene rings is 1. The number of hydrogen-bond donors (Lipinski definition) is 3. The second-order valence-electron chi connectivity index (χ2n) is 5.87. The van der Waals surface area contributed by atoms with Gasteiger partial charge < -0.3 is 15.4 Å². The van der Waals surface area contributed by atoms with Crippen molar-refractivity contribution in [3.05, 3.63) is 48.6 Å². The highest BCUT2D eigenvalue weighted by molar-refractivity contribution is 5.92. The number of carbonyl (C=O) groups is 3. The van der Waals surface area contributed by atoms with Crippen LogP contribution in [0.25, 0.3) is 0 Å². The zero-order valence-corrected chi connectivity index (χ0v) is 14.2. The van der Waals surface area contributed by atoms with E-state index < -0.39 is 17.9 Å². The van der Waals surface area contributed by atoms with Crippen LogP contribution in [-0.4, -0.2) is 49.1 Å². The number of ether oxygens (including phenoxy) is 1. The first kappa shape index (κ1) is 18.7. The van der Waals surface area contributed by atoms with E-state index in [2.05, 4.69) is 22.5 Å². The highest BCUT2D eigenvalue weighted by Crippen LogP contribution is 2.10. The van der Waals surface area contributed by atoms with Crippen molar-refractivity contribution in [1.82, 2.24) is 16.0 Å². The van der Waals surface area contributed by atoms with E-state index in [1.54, 1.807) is 0 Å². The summed E-state index contributed by atoms with van der Waals surface area (Å²) in [4.78, 5) is 36.0. The summed E-state index contributed by atoms with van der Waals surface area (Å²) in [6, 6.07) is 8.43. The van der Waals surface area contributed by atoms with Gasteiger partial charge in [0.05, 0.1) is 0 Å². The first-order valence-electron chi connectivity index (χ1n) is 8.16. The first-order chi connectivity index (χ1) is 12.0. The lowest BCUT2D eigenvalue weighted by molar-refractivity contribution is -0.143. The van der Waals surface area contributed by atoms with Crippen molar-refractivity contribution < 1.29 is 19.1 Å². The third-order valence-corrected chi connectivity index (χ3v) is 3.80. The van der Waals surface area contributed by atoms with Gasteiger partial charge in [0.25, 0.3) is 0 Å². The molecule has 0 saturated carbocycles. The molecule has 1 heterocycles. The van der Waals surface area contributed by atoms with E-state index in [0.717, 1.165) is 5.56 Å². The summed E-state index contributed by atoms with van der Waals surface area (Å²) >= 11 is 0. The van der Waals surface area contributed by atoms with Crippen molar-refractivity contribution in [3.63, 3.8) is 0 Å². The summed E-state index contributed by atoms with van der Waals surface area (Å²) in [6.07, 6.45) is 1.78. The van der Waals surface area contributed by atoms with Crippen LogP contribution in [-0.2, 0) is 25.5 Å². The van der Waals surface area contributed by atoms with Crippen LogP contribution in [0.4, 0.5) is 0 Å². The number of amides is 2. The summed E-state index contributed by atoms with van der Waals surface area (Å²) < 4.78 is 4.81. The first-order valence-corrected chi connectivity index (χ1v) is 8.16. The molecule has 1 aliphatic rings. The molecule has 0 spiro atoms. The van der Waals surface area contributed by atoms with E-state index in [-0.39, 0.29) is 31.1 Å². The van der Waals surface area contributed by atoms with Crippen molar-refractivity contribution in [2.45, 2.75) is 31.5 Å². The molecule has 3 N–H and O–H groups in total. The van der Waals surface area contributed by atoms with Crippen LogP contribution in [0.2, 0.25) is 0 Å². The van der Waals surface area contributed by atoms with Gasteiger partial charge in [0.1, 0.15) is 25.2 Å². The summed E-state index contributed by atoms with van der Waals surface area (Å²) in [6.45, 7) is 5.17. The van der Waals surface area contributed by atoms with Crippen molar-refractivity contribution >= 4 is 17.8 Å². The zero-order chi connectivity index (χ0) is 18.2. The normalized spacial score (nSPS) is 19.4. The van der Waals surface area contributed by atoms with Gasteiger partial charge in [-0.3, -0.25) is 19.7 Å². The molecule has 1 saturated heterocycles. The fourth-order valence-electron chi connectivity index (χ4n) is 2.34. The smallest absolute Gasteiger partial charge is 0.325 e. The molecule has 7 heteroatoms. The molecule has 1 aromatic rings. The fraction of sp³-hybridized carbons (Fsp3) is 0.389. The summed E-state index contributed by atoms with van der Waals surface area (Å²) in [5.41, 5.74) is 0.911. The Labute approximate surface area is 146 Å². The number of carbonyl (C=O) groups excluding carboxylic acids is 3. The maximum absolute atomic E-state index is 12.4. The second-order valence-corrected chi connectivity index (χ2v) is 5.87. The van der Waals surface area contributed by atoms with Gasteiger partial charge in [-0.05, 0) is 12.5 Å². The van der Waals surface area contributed by atoms with Crippen LogP contribution in [0.5, 0.6) is 0 Å². The SMILES string of the molecule is C=CCOC(=O)CNC(=O)C(Cc1ccccc1)NC(=O)C1NC1C. The molecule has 2 amide bonds. The molecule has 3 unspecified atom stereocenters. The number of nitrogens with one attached hydrogen (secondary N) is 3. The summed E-state index contributed by atoms with van der Waals surface area (Å²) in [7, 11) is 0. The largest absolute Gasteiger partial charge is 0.460 e. The Bertz CT molecular complexity index is 632. The van der Waals surface area contributed by atoms with Crippen LogP contribution in [0.15, 0.2) is 43.0 Å². The van der Waals surface area contributed by atoms with Gasteiger partial charge in [-0.1, -0.05) is 43.0 Å². The van der Waals surface area contributed by atoms with Crippen molar-refractivity contribution in [3.8, 4) is 0 Å². The highest BCUT2D eigenvalue weighted by atomic mass is 16.5. The third kappa shape index (κ3) is 6.04. The van der Waals surface area contributed by atoms with E-state index in [0.29, 0.717) is 6.42 Å². The average Bonchev–Trinajstić information content (AvgIpc) is 3.35. The maximum atomic E-state index is 12.4. The minimum atomic E-state index is -0.767. The molecule has 0 aliphatic carbocycles. The molecule has 25 heavy (non-hydrogen) atoms. The van der Waals surface area contributed by atoms with Crippen molar-refractivity contribution in [2.24, 2.45) is 0 Å². The quantitative estimate of drug-likeness (QED) is 0.330. The van der Waals surface area contributed by atoms with Crippen LogP contribution in [0.1, 0.15) is 12.5 Å². The van der Waals surface area contributed by atoms with Gasteiger partial charge in [0.2, 0.25) is 11.8 Å². The van der Waals surface area contributed by atoms with Crippen LogP contribution < -0.4 is 16.0 Å². The number of hydrogen-bond acceptors (Lipinski definition) is 5. The van der Waals surface area contributed by atoms with Gasteiger partial charge >= 0.3 is 5.97 Å². The Morgan fingerprint density at radius 1 is 1.32 bits per heavy atom. The molecule has 7 nitrogen and oxygen atoms in total. The van der Waals surface area contributed by atoms with E-state index >= 15 is 0 Å². The van der Waals surface area contributed by atoms with Gasteiger partial charge in [0, 0.05) is 12.5 Å². The molecule has 1 aliphatic heterocycles. The number of rotatable bonds is 9. The monoisotopic (exact) mass is 345 g/mol. The highest BCUT2D eigenvalue weighted by Gasteiger charge is 2.39. The van der Waals surface area contributed by atoms with E-state index in [4.69, 9.17) is 4.74 Å². The number of esters is 1. The molecule has 1 aromatic carbocycles. The lowest BCUT2D eigenvalue weighted by Gasteiger charge is -2.18. The predicted molar refractivity (Wildman–Crippen MR) is 92.6 cm³/mol. The molecular weight excluding hydrogens is 322 g/mol. The van der Waals surface area contributed by atoms with E-state index in [9.17, 15) is 14.4 Å².